The molecule has 2 rings (SSSR count). The van der Waals surface area contributed by atoms with Crippen molar-refractivity contribution in [3.05, 3.63) is 29.3 Å². The standard InChI is InChI=1S/C17H27NO2/c1-13-5-6-15(3)17(11-13)20-10-4-8-18-9-7-14(2)16(19)12-18/h5-6,11,14,16,19H,4,7-10,12H2,1-3H3. The van der Waals surface area contributed by atoms with Crippen LogP contribution in [-0.4, -0.2) is 42.4 Å². The second-order valence-electron chi connectivity index (χ2n) is 6.10. The molecule has 1 aromatic carbocycles. The van der Waals surface area contributed by atoms with Gasteiger partial charge in [0.25, 0.3) is 0 Å². The first-order valence-corrected chi connectivity index (χ1v) is 7.66. The lowest BCUT2D eigenvalue weighted by Crippen LogP contribution is -2.43. The molecule has 20 heavy (non-hydrogen) atoms. The quantitative estimate of drug-likeness (QED) is 0.840. The number of aliphatic hydroxyl groups is 1. The van der Waals surface area contributed by atoms with E-state index >= 15 is 0 Å². The molecule has 3 heteroatoms. The van der Waals surface area contributed by atoms with E-state index in [1.165, 1.54) is 11.1 Å². The summed E-state index contributed by atoms with van der Waals surface area (Å²) in [7, 11) is 0. The highest BCUT2D eigenvalue weighted by atomic mass is 16.5. The first-order valence-electron chi connectivity index (χ1n) is 7.66. The second kappa shape index (κ2) is 7.09. The van der Waals surface area contributed by atoms with Gasteiger partial charge in [-0.15, -0.1) is 0 Å². The highest BCUT2D eigenvalue weighted by molar-refractivity contribution is 5.35. The Bertz CT molecular complexity index is 433. The van der Waals surface area contributed by atoms with Crippen molar-refractivity contribution in [3.63, 3.8) is 0 Å². The summed E-state index contributed by atoms with van der Waals surface area (Å²) in [6, 6.07) is 6.31. The number of hydrogen-bond acceptors (Lipinski definition) is 3. The monoisotopic (exact) mass is 277 g/mol. The minimum atomic E-state index is -0.163. The Balaban J connectivity index is 1.70. The predicted octanol–water partition coefficient (Wildman–Crippen LogP) is 2.78. The van der Waals surface area contributed by atoms with Crippen molar-refractivity contribution in [2.75, 3.05) is 26.2 Å². The SMILES string of the molecule is Cc1ccc(C)c(OCCCN2CCC(C)C(O)C2)c1. The van der Waals surface area contributed by atoms with Gasteiger partial charge < -0.3 is 14.7 Å². The number of nitrogens with zero attached hydrogens (tertiary/aromatic N) is 1. The van der Waals surface area contributed by atoms with Crippen molar-refractivity contribution in [3.8, 4) is 5.75 Å². The third-order valence-corrected chi connectivity index (χ3v) is 4.22. The number of aryl methyl sites for hydroxylation is 2. The molecular formula is C17H27NO2. The van der Waals surface area contributed by atoms with E-state index in [2.05, 4.69) is 43.9 Å². The van der Waals surface area contributed by atoms with Crippen LogP contribution in [0.1, 0.15) is 30.9 Å². The zero-order valence-electron chi connectivity index (χ0n) is 12.9. The summed E-state index contributed by atoms with van der Waals surface area (Å²) in [6.45, 7) is 9.96. The van der Waals surface area contributed by atoms with Crippen LogP contribution in [0.2, 0.25) is 0 Å². The fraction of sp³-hybridized carbons (Fsp3) is 0.647. The van der Waals surface area contributed by atoms with Gasteiger partial charge in [0.1, 0.15) is 5.75 Å². The summed E-state index contributed by atoms with van der Waals surface area (Å²) in [6.07, 6.45) is 1.94. The Morgan fingerprint density at radius 3 is 2.90 bits per heavy atom. The molecule has 0 saturated carbocycles. The van der Waals surface area contributed by atoms with Gasteiger partial charge in [-0.1, -0.05) is 19.1 Å². The van der Waals surface area contributed by atoms with Gasteiger partial charge in [-0.05, 0) is 56.3 Å². The molecule has 2 unspecified atom stereocenters. The number of hydrogen-bond donors (Lipinski definition) is 1. The van der Waals surface area contributed by atoms with Crippen LogP contribution in [-0.2, 0) is 0 Å². The van der Waals surface area contributed by atoms with Gasteiger partial charge in [0.05, 0.1) is 12.7 Å². The second-order valence-corrected chi connectivity index (χ2v) is 6.10. The molecule has 0 radical (unpaired) electrons. The molecule has 1 N–H and O–H groups in total. The lowest BCUT2D eigenvalue weighted by atomic mass is 9.96. The number of β-amino-alcohol motifs (C(OH)–C–C–N with tert-alkyl or cyclic N) is 1. The Labute approximate surface area is 122 Å². The van der Waals surface area contributed by atoms with Crippen LogP contribution >= 0.6 is 0 Å². The number of aliphatic hydroxyl groups excluding tert-OH is 1. The molecular weight excluding hydrogens is 250 g/mol. The number of likely N-dealkylation sites (tertiary alicyclic amines) is 1. The normalized spacial score (nSPS) is 23.8. The van der Waals surface area contributed by atoms with Crippen molar-refractivity contribution >= 4 is 0 Å². The Hall–Kier alpha value is -1.06. The van der Waals surface area contributed by atoms with Gasteiger partial charge >= 0.3 is 0 Å². The molecule has 2 atom stereocenters. The summed E-state index contributed by atoms with van der Waals surface area (Å²) in [5.41, 5.74) is 2.43. The molecule has 1 aliphatic heterocycles. The van der Waals surface area contributed by atoms with Gasteiger partial charge in [-0.2, -0.15) is 0 Å². The van der Waals surface area contributed by atoms with Crippen molar-refractivity contribution in [1.82, 2.24) is 4.90 Å². The van der Waals surface area contributed by atoms with Crippen LogP contribution in [0.3, 0.4) is 0 Å². The number of benzene rings is 1. The van der Waals surface area contributed by atoms with Crippen LogP contribution in [0.15, 0.2) is 18.2 Å². The van der Waals surface area contributed by atoms with Gasteiger partial charge in [0, 0.05) is 13.1 Å². The van der Waals surface area contributed by atoms with Crippen molar-refractivity contribution < 1.29 is 9.84 Å². The summed E-state index contributed by atoms with van der Waals surface area (Å²) >= 11 is 0. The Morgan fingerprint density at radius 1 is 1.35 bits per heavy atom. The van der Waals surface area contributed by atoms with E-state index in [-0.39, 0.29) is 6.10 Å². The molecule has 0 aliphatic carbocycles. The molecule has 0 amide bonds. The van der Waals surface area contributed by atoms with Crippen LogP contribution < -0.4 is 4.74 Å². The Kier molecular flexibility index (Phi) is 5.44. The van der Waals surface area contributed by atoms with Crippen LogP contribution in [0.5, 0.6) is 5.75 Å². The summed E-state index contributed by atoms with van der Waals surface area (Å²) in [5, 5.41) is 9.88. The molecule has 1 fully saturated rings. The van der Waals surface area contributed by atoms with Crippen LogP contribution in [0, 0.1) is 19.8 Å². The van der Waals surface area contributed by atoms with E-state index in [9.17, 15) is 5.11 Å². The zero-order chi connectivity index (χ0) is 14.5. The van der Waals surface area contributed by atoms with Gasteiger partial charge in [0.2, 0.25) is 0 Å². The largest absolute Gasteiger partial charge is 0.493 e. The lowest BCUT2D eigenvalue weighted by molar-refractivity contribution is 0.0275. The maximum absolute atomic E-state index is 9.88. The van der Waals surface area contributed by atoms with Crippen molar-refractivity contribution in [2.24, 2.45) is 5.92 Å². The van der Waals surface area contributed by atoms with Crippen molar-refractivity contribution in [1.29, 1.82) is 0 Å². The highest BCUT2D eigenvalue weighted by Crippen LogP contribution is 2.20. The van der Waals surface area contributed by atoms with E-state index < -0.39 is 0 Å². The van der Waals surface area contributed by atoms with Gasteiger partial charge in [0.15, 0.2) is 0 Å². The summed E-state index contributed by atoms with van der Waals surface area (Å²) < 4.78 is 5.87. The van der Waals surface area contributed by atoms with Gasteiger partial charge in [-0.25, -0.2) is 0 Å². The lowest BCUT2D eigenvalue weighted by Gasteiger charge is -2.34. The molecule has 1 aliphatic rings. The number of ether oxygens (including phenoxy) is 1. The topological polar surface area (TPSA) is 32.7 Å². The van der Waals surface area contributed by atoms with E-state index in [0.29, 0.717) is 5.92 Å². The van der Waals surface area contributed by atoms with Gasteiger partial charge in [-0.3, -0.25) is 0 Å². The molecule has 1 aromatic rings. The highest BCUT2D eigenvalue weighted by Gasteiger charge is 2.23. The van der Waals surface area contributed by atoms with E-state index in [4.69, 9.17) is 4.74 Å². The average molecular weight is 277 g/mol. The number of rotatable bonds is 5. The maximum Gasteiger partial charge on any atom is 0.122 e. The minimum absolute atomic E-state index is 0.163. The first kappa shape index (κ1) is 15.3. The maximum atomic E-state index is 9.88. The van der Waals surface area contributed by atoms with Crippen molar-refractivity contribution in [2.45, 2.75) is 39.7 Å². The van der Waals surface area contributed by atoms with E-state index in [1.54, 1.807) is 0 Å². The molecule has 0 aromatic heterocycles. The zero-order valence-corrected chi connectivity index (χ0v) is 12.9. The predicted molar refractivity (Wildman–Crippen MR) is 82.3 cm³/mol. The summed E-state index contributed by atoms with van der Waals surface area (Å²) in [4.78, 5) is 2.34. The minimum Gasteiger partial charge on any atom is -0.493 e. The summed E-state index contributed by atoms with van der Waals surface area (Å²) in [5.74, 6) is 1.44. The first-order chi connectivity index (χ1) is 9.56. The number of piperidine rings is 1. The van der Waals surface area contributed by atoms with E-state index in [1.807, 2.05) is 0 Å². The fourth-order valence-corrected chi connectivity index (χ4v) is 2.65. The smallest absolute Gasteiger partial charge is 0.122 e. The molecule has 1 heterocycles. The molecule has 1 saturated heterocycles. The molecule has 0 spiro atoms. The molecule has 0 bridgehead atoms. The van der Waals surface area contributed by atoms with E-state index in [0.717, 1.165) is 44.8 Å². The van der Waals surface area contributed by atoms with Crippen LogP contribution in [0.25, 0.3) is 0 Å². The fourth-order valence-electron chi connectivity index (χ4n) is 2.65. The molecule has 112 valence electrons. The average Bonchev–Trinajstić information content (AvgIpc) is 2.42. The third kappa shape index (κ3) is 4.22. The van der Waals surface area contributed by atoms with Crippen LogP contribution in [0.4, 0.5) is 0 Å². The molecule has 3 nitrogen and oxygen atoms in total. The Morgan fingerprint density at radius 2 is 2.15 bits per heavy atom. The third-order valence-electron chi connectivity index (χ3n) is 4.22.